The Bertz CT molecular complexity index is 695. The molecule has 0 spiro atoms. The lowest BCUT2D eigenvalue weighted by Gasteiger charge is -2.14. The Labute approximate surface area is 158 Å². The molecule has 2 N–H and O–H groups in total. The molecule has 1 aromatic heterocycles. The third-order valence-corrected chi connectivity index (χ3v) is 6.13. The van der Waals surface area contributed by atoms with Crippen LogP contribution >= 0.6 is 23.7 Å². The molecular formula is C19H24ClN3OS. The van der Waals surface area contributed by atoms with Crippen molar-refractivity contribution in [1.82, 2.24) is 15.6 Å². The van der Waals surface area contributed by atoms with Gasteiger partial charge in [-0.2, -0.15) is 0 Å². The summed E-state index contributed by atoms with van der Waals surface area (Å²) in [5, 5.41) is 7.58. The van der Waals surface area contributed by atoms with E-state index in [1.165, 1.54) is 29.0 Å². The van der Waals surface area contributed by atoms with Gasteiger partial charge in [-0.15, -0.1) is 23.7 Å². The van der Waals surface area contributed by atoms with E-state index in [0.717, 1.165) is 30.7 Å². The van der Waals surface area contributed by atoms with Gasteiger partial charge in [0.25, 0.3) is 0 Å². The smallest absolute Gasteiger partial charge is 0.237 e. The van der Waals surface area contributed by atoms with Gasteiger partial charge in [0.2, 0.25) is 5.91 Å². The van der Waals surface area contributed by atoms with Crippen molar-refractivity contribution in [1.29, 1.82) is 0 Å². The summed E-state index contributed by atoms with van der Waals surface area (Å²) in [7, 11) is 0. The Morgan fingerprint density at radius 3 is 2.80 bits per heavy atom. The number of thiazole rings is 1. The van der Waals surface area contributed by atoms with Gasteiger partial charge >= 0.3 is 0 Å². The fourth-order valence-corrected chi connectivity index (χ4v) is 4.76. The Morgan fingerprint density at radius 2 is 2.00 bits per heavy atom. The van der Waals surface area contributed by atoms with Gasteiger partial charge in [0, 0.05) is 10.9 Å². The lowest BCUT2D eigenvalue weighted by molar-refractivity contribution is -0.123. The molecule has 25 heavy (non-hydrogen) atoms. The monoisotopic (exact) mass is 377 g/mol. The van der Waals surface area contributed by atoms with Gasteiger partial charge in [0.05, 0.1) is 18.3 Å². The molecular weight excluding hydrogens is 354 g/mol. The molecule has 0 unspecified atom stereocenters. The SMILES string of the molecule is Cl.O=C(NCc1nc2c(s1)CCCC2)[C@H]1CC[C@H](c2ccccc2)N1. The topological polar surface area (TPSA) is 54.0 Å². The molecule has 1 aromatic carbocycles. The van der Waals surface area contributed by atoms with Crippen molar-refractivity contribution in [3.8, 4) is 0 Å². The number of nitrogens with one attached hydrogen (secondary N) is 2. The minimum Gasteiger partial charge on any atom is -0.348 e. The van der Waals surface area contributed by atoms with Crippen LogP contribution in [0.1, 0.15) is 52.9 Å². The summed E-state index contributed by atoms with van der Waals surface area (Å²) in [6, 6.07) is 10.6. The second-order valence-electron chi connectivity index (χ2n) is 6.66. The van der Waals surface area contributed by atoms with E-state index in [-0.39, 0.29) is 30.4 Å². The standard InChI is InChI=1S/C19H23N3OS.ClH/c23-19(16-11-10-14(21-16)13-6-2-1-3-7-13)20-12-18-22-15-8-4-5-9-17(15)24-18;/h1-3,6-7,14,16,21H,4-5,8-12H2,(H,20,23);1H/t14-,16-;/m1./s1. The molecule has 2 atom stereocenters. The molecule has 2 aliphatic rings. The van der Waals surface area contributed by atoms with Crippen molar-refractivity contribution in [3.63, 3.8) is 0 Å². The van der Waals surface area contributed by atoms with Crippen LogP contribution in [0.25, 0.3) is 0 Å². The minimum atomic E-state index is -0.0928. The van der Waals surface area contributed by atoms with Gasteiger partial charge in [-0.3, -0.25) is 10.1 Å². The number of fused-ring (bicyclic) bond motifs is 1. The number of carbonyl (C=O) groups excluding carboxylic acids is 1. The zero-order valence-corrected chi connectivity index (χ0v) is 15.8. The second-order valence-corrected chi connectivity index (χ2v) is 7.83. The van der Waals surface area contributed by atoms with Crippen LogP contribution in [0.3, 0.4) is 0 Å². The fourth-order valence-electron chi connectivity index (χ4n) is 3.66. The van der Waals surface area contributed by atoms with Crippen LogP contribution in [0, 0.1) is 0 Å². The summed E-state index contributed by atoms with van der Waals surface area (Å²) in [6.45, 7) is 0.560. The van der Waals surface area contributed by atoms with Crippen molar-refractivity contribution < 1.29 is 4.79 Å². The molecule has 6 heteroatoms. The Kier molecular flexibility index (Phi) is 6.10. The van der Waals surface area contributed by atoms with Gasteiger partial charge < -0.3 is 5.32 Å². The van der Waals surface area contributed by atoms with Crippen LogP contribution in [0.4, 0.5) is 0 Å². The molecule has 1 amide bonds. The molecule has 4 rings (SSSR count). The van der Waals surface area contributed by atoms with Gasteiger partial charge in [0.1, 0.15) is 5.01 Å². The van der Waals surface area contributed by atoms with Crippen molar-refractivity contribution >= 4 is 29.7 Å². The predicted molar refractivity (Wildman–Crippen MR) is 103 cm³/mol. The number of rotatable bonds is 4. The maximum atomic E-state index is 12.4. The molecule has 0 radical (unpaired) electrons. The number of benzene rings is 1. The van der Waals surface area contributed by atoms with E-state index < -0.39 is 0 Å². The van der Waals surface area contributed by atoms with Crippen LogP contribution < -0.4 is 10.6 Å². The van der Waals surface area contributed by atoms with E-state index >= 15 is 0 Å². The number of hydrogen-bond donors (Lipinski definition) is 2. The largest absolute Gasteiger partial charge is 0.348 e. The first-order valence-corrected chi connectivity index (χ1v) is 9.67. The van der Waals surface area contributed by atoms with E-state index in [1.807, 2.05) is 6.07 Å². The minimum absolute atomic E-state index is 0. The number of aryl methyl sites for hydroxylation is 2. The molecule has 0 saturated carbocycles. The van der Waals surface area contributed by atoms with E-state index in [1.54, 1.807) is 11.3 Å². The molecule has 2 aromatic rings. The number of aromatic nitrogens is 1. The van der Waals surface area contributed by atoms with Crippen LogP contribution in [0.2, 0.25) is 0 Å². The lowest BCUT2D eigenvalue weighted by Crippen LogP contribution is -2.40. The van der Waals surface area contributed by atoms with E-state index in [4.69, 9.17) is 4.98 Å². The van der Waals surface area contributed by atoms with Crippen molar-refractivity contribution in [2.75, 3.05) is 0 Å². The van der Waals surface area contributed by atoms with Crippen molar-refractivity contribution in [2.24, 2.45) is 0 Å². The molecule has 2 heterocycles. The highest BCUT2D eigenvalue weighted by Crippen LogP contribution is 2.28. The molecule has 0 bridgehead atoms. The van der Waals surface area contributed by atoms with Crippen LogP contribution in [0.15, 0.2) is 30.3 Å². The van der Waals surface area contributed by atoms with Crippen LogP contribution in [0.5, 0.6) is 0 Å². The summed E-state index contributed by atoms with van der Waals surface area (Å²) in [5.41, 5.74) is 2.53. The van der Waals surface area contributed by atoms with Crippen LogP contribution in [-0.2, 0) is 24.2 Å². The molecule has 134 valence electrons. The number of carbonyl (C=O) groups is 1. The van der Waals surface area contributed by atoms with Gasteiger partial charge in [-0.25, -0.2) is 4.98 Å². The first-order valence-electron chi connectivity index (χ1n) is 8.86. The molecule has 4 nitrogen and oxygen atoms in total. The molecule has 1 aliphatic carbocycles. The number of nitrogens with zero attached hydrogens (tertiary/aromatic N) is 1. The summed E-state index contributed by atoms with van der Waals surface area (Å²) in [5.74, 6) is 0.0987. The predicted octanol–water partition coefficient (Wildman–Crippen LogP) is 3.55. The maximum absolute atomic E-state index is 12.4. The third kappa shape index (κ3) is 4.22. The average molecular weight is 378 g/mol. The average Bonchev–Trinajstić information content (AvgIpc) is 3.27. The summed E-state index contributed by atoms with van der Waals surface area (Å²) in [4.78, 5) is 18.6. The number of hydrogen-bond acceptors (Lipinski definition) is 4. The summed E-state index contributed by atoms with van der Waals surface area (Å²) < 4.78 is 0. The lowest BCUT2D eigenvalue weighted by atomic mass is 10.0. The van der Waals surface area contributed by atoms with E-state index in [0.29, 0.717) is 6.54 Å². The Balaban J connectivity index is 0.00000182. The van der Waals surface area contributed by atoms with Crippen LogP contribution in [-0.4, -0.2) is 16.9 Å². The van der Waals surface area contributed by atoms with Gasteiger partial charge in [-0.1, -0.05) is 30.3 Å². The highest BCUT2D eigenvalue weighted by molar-refractivity contribution is 7.11. The van der Waals surface area contributed by atoms with Gasteiger partial charge in [-0.05, 0) is 44.1 Å². The van der Waals surface area contributed by atoms with E-state index in [2.05, 4.69) is 34.9 Å². The molecule has 1 saturated heterocycles. The zero-order chi connectivity index (χ0) is 16.4. The first-order chi connectivity index (χ1) is 11.8. The number of halogens is 1. The Morgan fingerprint density at radius 1 is 1.20 bits per heavy atom. The Hall–Kier alpha value is -1.43. The van der Waals surface area contributed by atoms with E-state index in [9.17, 15) is 4.79 Å². The zero-order valence-electron chi connectivity index (χ0n) is 14.2. The maximum Gasteiger partial charge on any atom is 0.237 e. The molecule has 1 fully saturated rings. The third-order valence-electron chi connectivity index (χ3n) is 4.97. The summed E-state index contributed by atoms with van der Waals surface area (Å²) in [6.07, 6.45) is 6.67. The second kappa shape index (κ2) is 8.30. The normalized spacial score (nSPS) is 22.1. The van der Waals surface area contributed by atoms with Gasteiger partial charge in [0.15, 0.2) is 0 Å². The summed E-state index contributed by atoms with van der Waals surface area (Å²) >= 11 is 1.77. The first kappa shape index (κ1) is 18.4. The van der Waals surface area contributed by atoms with Crippen molar-refractivity contribution in [3.05, 3.63) is 51.5 Å². The highest BCUT2D eigenvalue weighted by Gasteiger charge is 2.29. The van der Waals surface area contributed by atoms with Crippen molar-refractivity contribution in [2.45, 2.75) is 57.2 Å². The molecule has 1 aliphatic heterocycles. The quantitative estimate of drug-likeness (QED) is 0.856. The highest BCUT2D eigenvalue weighted by atomic mass is 35.5. The number of amides is 1. The fraction of sp³-hybridized carbons (Fsp3) is 0.474.